The quantitative estimate of drug-likeness (QED) is 0.797. The van der Waals surface area contributed by atoms with E-state index in [-0.39, 0.29) is 0 Å². The Bertz CT molecular complexity index is 613. The molecule has 0 aromatic heterocycles. The topological polar surface area (TPSA) is 29.3 Å². The minimum absolute atomic E-state index is 0.760. The summed E-state index contributed by atoms with van der Waals surface area (Å²) in [5, 5.41) is 0.760. The molecule has 0 bridgehead atoms. The molecule has 0 amide bonds. The monoisotopic (exact) mass is 322 g/mol. The van der Waals surface area contributed by atoms with Crippen LogP contribution in [0.15, 0.2) is 40.9 Å². The van der Waals surface area contributed by atoms with Gasteiger partial charge >= 0.3 is 0 Å². The number of rotatable bonds is 1. The van der Waals surface area contributed by atoms with Crippen LogP contribution < -0.4 is 10.6 Å². The van der Waals surface area contributed by atoms with Crippen LogP contribution in [0.5, 0.6) is 0 Å². The highest BCUT2D eigenvalue weighted by Gasteiger charge is 2.22. The molecule has 0 spiro atoms. The van der Waals surface area contributed by atoms with E-state index in [2.05, 4.69) is 26.9 Å². The van der Waals surface area contributed by atoms with Gasteiger partial charge < -0.3 is 10.6 Å². The minimum Gasteiger partial charge on any atom is -0.398 e. The molecule has 0 aliphatic carbocycles. The zero-order valence-corrected chi connectivity index (χ0v) is 12.0. The van der Waals surface area contributed by atoms with Gasteiger partial charge in [-0.1, -0.05) is 39.7 Å². The number of fused-ring (bicyclic) bond motifs is 1. The van der Waals surface area contributed by atoms with Gasteiger partial charge in [0.15, 0.2) is 0 Å². The van der Waals surface area contributed by atoms with Crippen LogP contribution in [-0.2, 0) is 13.1 Å². The Labute approximate surface area is 119 Å². The van der Waals surface area contributed by atoms with Gasteiger partial charge in [-0.05, 0) is 35.4 Å². The molecular weight excluding hydrogens is 312 g/mol. The van der Waals surface area contributed by atoms with Gasteiger partial charge in [0.05, 0.1) is 10.7 Å². The van der Waals surface area contributed by atoms with E-state index in [9.17, 15) is 0 Å². The molecule has 0 saturated carbocycles. The molecule has 2 N–H and O–H groups in total. The van der Waals surface area contributed by atoms with Gasteiger partial charge in [-0.2, -0.15) is 0 Å². The largest absolute Gasteiger partial charge is 0.398 e. The lowest BCUT2D eigenvalue weighted by Gasteiger charge is -2.19. The van der Waals surface area contributed by atoms with Crippen LogP contribution in [-0.4, -0.2) is 0 Å². The summed E-state index contributed by atoms with van der Waals surface area (Å²) < 4.78 is 0.993. The summed E-state index contributed by atoms with van der Waals surface area (Å²) in [6.07, 6.45) is 0. The smallest absolute Gasteiger partial charge is 0.0651 e. The average Bonchev–Trinajstić information content (AvgIpc) is 2.74. The van der Waals surface area contributed by atoms with Crippen molar-refractivity contribution in [3.05, 3.63) is 57.0 Å². The molecule has 92 valence electrons. The Morgan fingerprint density at radius 3 is 2.72 bits per heavy atom. The van der Waals surface area contributed by atoms with Crippen LogP contribution in [0.3, 0.4) is 0 Å². The number of anilines is 2. The number of nitrogen functional groups attached to an aromatic ring is 1. The van der Waals surface area contributed by atoms with E-state index in [1.165, 1.54) is 11.1 Å². The maximum Gasteiger partial charge on any atom is 0.0651 e. The van der Waals surface area contributed by atoms with Gasteiger partial charge in [0.2, 0.25) is 0 Å². The van der Waals surface area contributed by atoms with Gasteiger partial charge in [0.25, 0.3) is 0 Å². The van der Waals surface area contributed by atoms with Crippen molar-refractivity contribution in [2.75, 3.05) is 10.6 Å². The van der Waals surface area contributed by atoms with Crippen molar-refractivity contribution in [2.24, 2.45) is 0 Å². The summed E-state index contributed by atoms with van der Waals surface area (Å²) in [6, 6.07) is 12.0. The Morgan fingerprint density at radius 1 is 1.17 bits per heavy atom. The van der Waals surface area contributed by atoms with Crippen molar-refractivity contribution < 1.29 is 0 Å². The molecule has 2 aromatic carbocycles. The fourth-order valence-corrected chi connectivity index (χ4v) is 3.15. The molecule has 4 heteroatoms. The molecule has 1 aliphatic rings. The first-order valence-corrected chi connectivity index (χ1v) is 6.88. The fraction of sp³-hybridized carbons (Fsp3) is 0.143. The van der Waals surface area contributed by atoms with E-state index in [0.717, 1.165) is 34.0 Å². The van der Waals surface area contributed by atoms with Crippen LogP contribution >= 0.6 is 27.5 Å². The molecule has 3 rings (SSSR count). The Balaban J connectivity index is 1.96. The maximum atomic E-state index is 6.29. The van der Waals surface area contributed by atoms with Crippen LogP contribution in [0.4, 0.5) is 11.4 Å². The Kier molecular flexibility index (Phi) is 2.96. The van der Waals surface area contributed by atoms with E-state index in [1.54, 1.807) is 0 Å². The van der Waals surface area contributed by atoms with E-state index in [4.69, 9.17) is 17.3 Å². The van der Waals surface area contributed by atoms with Crippen LogP contribution in [0.25, 0.3) is 0 Å². The zero-order valence-electron chi connectivity index (χ0n) is 9.66. The van der Waals surface area contributed by atoms with Crippen molar-refractivity contribution in [1.82, 2.24) is 0 Å². The maximum absolute atomic E-state index is 6.29. The first kappa shape index (κ1) is 11.9. The predicted octanol–water partition coefficient (Wildman–Crippen LogP) is 4.20. The summed E-state index contributed by atoms with van der Waals surface area (Å²) in [4.78, 5) is 2.25. The van der Waals surface area contributed by atoms with Crippen LogP contribution in [0.1, 0.15) is 11.1 Å². The van der Waals surface area contributed by atoms with Crippen molar-refractivity contribution in [2.45, 2.75) is 13.1 Å². The van der Waals surface area contributed by atoms with Crippen molar-refractivity contribution in [3.63, 3.8) is 0 Å². The van der Waals surface area contributed by atoms with Gasteiger partial charge in [0, 0.05) is 23.2 Å². The molecule has 0 saturated heterocycles. The van der Waals surface area contributed by atoms with Gasteiger partial charge in [-0.15, -0.1) is 0 Å². The highest BCUT2D eigenvalue weighted by Crippen LogP contribution is 2.36. The minimum atomic E-state index is 0.760. The zero-order chi connectivity index (χ0) is 12.7. The molecule has 2 aromatic rings. The first-order chi connectivity index (χ1) is 8.65. The summed E-state index contributed by atoms with van der Waals surface area (Å²) in [5.74, 6) is 0. The van der Waals surface area contributed by atoms with Gasteiger partial charge in [0.1, 0.15) is 0 Å². The highest BCUT2D eigenvalue weighted by molar-refractivity contribution is 9.10. The summed E-state index contributed by atoms with van der Waals surface area (Å²) in [7, 11) is 0. The number of halogens is 2. The summed E-state index contributed by atoms with van der Waals surface area (Å²) in [6.45, 7) is 1.69. The normalized spacial score (nSPS) is 13.8. The fourth-order valence-electron chi connectivity index (χ4n) is 2.36. The lowest BCUT2D eigenvalue weighted by Crippen LogP contribution is -2.15. The van der Waals surface area contributed by atoms with Gasteiger partial charge in [-0.3, -0.25) is 0 Å². The van der Waals surface area contributed by atoms with Gasteiger partial charge in [-0.25, -0.2) is 0 Å². The summed E-state index contributed by atoms with van der Waals surface area (Å²) >= 11 is 9.71. The third-order valence-electron chi connectivity index (χ3n) is 3.27. The standard InChI is InChI=1S/C14H12BrClN2/c15-10-4-5-14(12(16)6-10)18-7-9-2-1-3-13(17)11(9)8-18/h1-6H,7-8,17H2. The van der Waals surface area contributed by atoms with E-state index >= 15 is 0 Å². The van der Waals surface area contributed by atoms with Crippen molar-refractivity contribution >= 4 is 38.9 Å². The van der Waals surface area contributed by atoms with E-state index in [0.29, 0.717) is 0 Å². The lowest BCUT2D eigenvalue weighted by molar-refractivity contribution is 0.881. The van der Waals surface area contributed by atoms with Crippen LogP contribution in [0, 0.1) is 0 Å². The molecule has 0 radical (unpaired) electrons. The lowest BCUT2D eigenvalue weighted by atomic mass is 10.1. The third-order valence-corrected chi connectivity index (χ3v) is 4.07. The van der Waals surface area contributed by atoms with Crippen LogP contribution in [0.2, 0.25) is 5.02 Å². The van der Waals surface area contributed by atoms with E-state index < -0.39 is 0 Å². The molecular formula is C14H12BrClN2. The average molecular weight is 324 g/mol. The number of nitrogens with zero attached hydrogens (tertiary/aromatic N) is 1. The molecule has 1 heterocycles. The second-order valence-corrected chi connectivity index (χ2v) is 5.76. The SMILES string of the molecule is Nc1cccc2c1CN(c1ccc(Br)cc1Cl)C2. The first-order valence-electron chi connectivity index (χ1n) is 5.71. The molecule has 1 aliphatic heterocycles. The Hall–Kier alpha value is -1.19. The van der Waals surface area contributed by atoms with Crippen molar-refractivity contribution in [3.8, 4) is 0 Å². The molecule has 0 fully saturated rings. The Morgan fingerprint density at radius 2 is 2.00 bits per heavy atom. The second kappa shape index (κ2) is 4.48. The second-order valence-electron chi connectivity index (χ2n) is 4.44. The predicted molar refractivity (Wildman–Crippen MR) is 79.9 cm³/mol. The third kappa shape index (κ3) is 1.98. The van der Waals surface area contributed by atoms with E-state index in [1.807, 2.05) is 30.3 Å². The highest BCUT2D eigenvalue weighted by atomic mass is 79.9. The number of hydrogen-bond acceptors (Lipinski definition) is 2. The number of nitrogens with two attached hydrogens (primary N) is 1. The number of hydrogen-bond donors (Lipinski definition) is 1. The number of benzene rings is 2. The molecule has 0 atom stereocenters. The molecule has 0 unspecified atom stereocenters. The molecule has 2 nitrogen and oxygen atoms in total. The van der Waals surface area contributed by atoms with Crippen molar-refractivity contribution in [1.29, 1.82) is 0 Å². The summed E-state index contributed by atoms with van der Waals surface area (Å²) in [5.41, 5.74) is 10.4. The molecule has 18 heavy (non-hydrogen) atoms.